The van der Waals surface area contributed by atoms with E-state index in [1.165, 1.54) is 3.57 Å². The molecule has 4 heteroatoms. The van der Waals surface area contributed by atoms with E-state index in [0.717, 1.165) is 16.7 Å². The minimum Gasteiger partial charge on any atom is -0.208 e. The fourth-order valence-corrected chi connectivity index (χ4v) is 2.90. The number of hydrogen-bond donors (Lipinski definition) is 0. The van der Waals surface area contributed by atoms with Gasteiger partial charge in [0.25, 0.3) is 0 Å². The Morgan fingerprint density at radius 1 is 0.440 bits per heavy atom. The number of aromatic nitrogens is 3. The second kappa shape index (κ2) is 7.11. The van der Waals surface area contributed by atoms with Gasteiger partial charge in [-0.15, -0.1) is 0 Å². The largest absolute Gasteiger partial charge is 0.208 e. The molecule has 0 radical (unpaired) electrons. The quantitative estimate of drug-likeness (QED) is 0.401. The third kappa shape index (κ3) is 3.58. The van der Waals surface area contributed by atoms with E-state index >= 15 is 0 Å². The molecular formula is C21H14IN3. The van der Waals surface area contributed by atoms with Gasteiger partial charge in [-0.2, -0.15) is 0 Å². The van der Waals surface area contributed by atoms with Crippen LogP contribution in [-0.2, 0) is 0 Å². The van der Waals surface area contributed by atoms with Gasteiger partial charge in [-0.05, 0) is 34.7 Å². The van der Waals surface area contributed by atoms with E-state index in [1.54, 1.807) is 0 Å². The Morgan fingerprint density at radius 3 is 1.20 bits per heavy atom. The van der Waals surface area contributed by atoms with E-state index in [4.69, 9.17) is 15.0 Å². The second-order valence-corrected chi connectivity index (χ2v) is 6.79. The van der Waals surface area contributed by atoms with Crippen molar-refractivity contribution < 1.29 is 0 Å². The summed E-state index contributed by atoms with van der Waals surface area (Å²) in [5, 5.41) is 0. The number of nitrogens with zero attached hydrogens (tertiary/aromatic N) is 3. The van der Waals surface area contributed by atoms with Crippen LogP contribution in [0.25, 0.3) is 34.2 Å². The monoisotopic (exact) mass is 435 g/mol. The van der Waals surface area contributed by atoms with Gasteiger partial charge in [-0.1, -0.05) is 72.8 Å². The normalized spacial score (nSPS) is 10.6. The lowest BCUT2D eigenvalue weighted by Gasteiger charge is -2.08. The Kier molecular flexibility index (Phi) is 4.52. The predicted molar refractivity (Wildman–Crippen MR) is 109 cm³/mol. The Balaban J connectivity index is 1.90. The van der Waals surface area contributed by atoms with Crippen molar-refractivity contribution in [3.8, 4) is 34.2 Å². The lowest BCUT2D eigenvalue weighted by atomic mass is 10.1. The molecule has 0 spiro atoms. The molecule has 0 unspecified atom stereocenters. The average Bonchev–Trinajstić information content (AvgIpc) is 2.69. The molecule has 120 valence electrons. The summed E-state index contributed by atoms with van der Waals surface area (Å²) in [6, 6.07) is 28.2. The van der Waals surface area contributed by atoms with Crippen LogP contribution in [0.1, 0.15) is 0 Å². The first kappa shape index (κ1) is 15.9. The van der Waals surface area contributed by atoms with E-state index in [9.17, 15) is 0 Å². The zero-order chi connectivity index (χ0) is 17.1. The van der Waals surface area contributed by atoms with Crippen molar-refractivity contribution in [3.63, 3.8) is 0 Å². The third-order valence-electron chi connectivity index (χ3n) is 3.80. The van der Waals surface area contributed by atoms with Crippen molar-refractivity contribution in [3.05, 3.63) is 88.5 Å². The van der Waals surface area contributed by atoms with Crippen molar-refractivity contribution in [2.24, 2.45) is 0 Å². The van der Waals surface area contributed by atoms with Gasteiger partial charge in [0.1, 0.15) is 0 Å². The van der Waals surface area contributed by atoms with Gasteiger partial charge in [-0.3, -0.25) is 0 Å². The molecule has 25 heavy (non-hydrogen) atoms. The average molecular weight is 435 g/mol. The summed E-state index contributed by atoms with van der Waals surface area (Å²) in [5.74, 6) is 2.05. The minimum absolute atomic E-state index is 0.683. The summed E-state index contributed by atoms with van der Waals surface area (Å²) >= 11 is 2.29. The van der Waals surface area contributed by atoms with Crippen LogP contribution in [-0.4, -0.2) is 15.0 Å². The Labute approximate surface area is 160 Å². The maximum absolute atomic E-state index is 4.70. The first-order valence-corrected chi connectivity index (χ1v) is 9.00. The van der Waals surface area contributed by atoms with Crippen LogP contribution >= 0.6 is 22.6 Å². The fraction of sp³-hybridized carbons (Fsp3) is 0. The SMILES string of the molecule is Ic1ccc(-c2nc(-c3ccccc3)nc(-c3ccccc3)n2)cc1. The summed E-state index contributed by atoms with van der Waals surface area (Å²) in [6.07, 6.45) is 0. The van der Waals surface area contributed by atoms with Crippen LogP contribution in [0.5, 0.6) is 0 Å². The Morgan fingerprint density at radius 2 is 0.800 bits per heavy atom. The first-order valence-electron chi connectivity index (χ1n) is 7.92. The molecule has 0 fully saturated rings. The highest BCUT2D eigenvalue weighted by Crippen LogP contribution is 2.24. The molecule has 0 saturated carbocycles. The molecule has 4 rings (SSSR count). The van der Waals surface area contributed by atoms with Gasteiger partial charge >= 0.3 is 0 Å². The fourth-order valence-electron chi connectivity index (χ4n) is 2.54. The first-order chi connectivity index (χ1) is 12.3. The highest BCUT2D eigenvalue weighted by molar-refractivity contribution is 14.1. The second-order valence-electron chi connectivity index (χ2n) is 5.55. The molecule has 3 aromatic carbocycles. The van der Waals surface area contributed by atoms with Crippen LogP contribution in [0.4, 0.5) is 0 Å². The van der Waals surface area contributed by atoms with Gasteiger partial charge < -0.3 is 0 Å². The number of rotatable bonds is 3. The molecule has 0 amide bonds. The lowest BCUT2D eigenvalue weighted by Crippen LogP contribution is -2.00. The van der Waals surface area contributed by atoms with E-state index in [-0.39, 0.29) is 0 Å². The molecule has 0 atom stereocenters. The summed E-state index contributed by atoms with van der Waals surface area (Å²) in [5.41, 5.74) is 2.94. The molecule has 0 aliphatic rings. The number of benzene rings is 3. The summed E-state index contributed by atoms with van der Waals surface area (Å²) < 4.78 is 1.18. The molecule has 0 aliphatic heterocycles. The highest BCUT2D eigenvalue weighted by atomic mass is 127. The van der Waals surface area contributed by atoms with E-state index in [2.05, 4.69) is 34.7 Å². The van der Waals surface area contributed by atoms with Gasteiger partial charge in [-0.25, -0.2) is 15.0 Å². The lowest BCUT2D eigenvalue weighted by molar-refractivity contribution is 1.07. The van der Waals surface area contributed by atoms with Crippen molar-refractivity contribution in [2.45, 2.75) is 0 Å². The van der Waals surface area contributed by atoms with Crippen LogP contribution in [0.15, 0.2) is 84.9 Å². The topological polar surface area (TPSA) is 38.7 Å². The minimum atomic E-state index is 0.683. The molecular weight excluding hydrogens is 421 g/mol. The summed E-state index contributed by atoms with van der Waals surface area (Å²) in [4.78, 5) is 14.1. The Bertz CT molecular complexity index is 927. The van der Waals surface area contributed by atoms with E-state index in [1.807, 2.05) is 72.8 Å². The molecule has 0 N–H and O–H groups in total. The van der Waals surface area contributed by atoms with E-state index in [0.29, 0.717) is 17.5 Å². The van der Waals surface area contributed by atoms with Crippen LogP contribution in [0, 0.1) is 3.57 Å². The number of halogens is 1. The van der Waals surface area contributed by atoms with Crippen LogP contribution < -0.4 is 0 Å². The third-order valence-corrected chi connectivity index (χ3v) is 4.52. The highest BCUT2D eigenvalue weighted by Gasteiger charge is 2.11. The zero-order valence-electron chi connectivity index (χ0n) is 13.3. The molecule has 4 aromatic rings. The van der Waals surface area contributed by atoms with Crippen molar-refractivity contribution in [2.75, 3.05) is 0 Å². The maximum atomic E-state index is 4.70. The van der Waals surface area contributed by atoms with Crippen molar-refractivity contribution >= 4 is 22.6 Å². The molecule has 0 saturated heterocycles. The molecule has 1 aromatic heterocycles. The van der Waals surface area contributed by atoms with E-state index < -0.39 is 0 Å². The summed E-state index contributed by atoms with van der Waals surface area (Å²) in [6.45, 7) is 0. The van der Waals surface area contributed by atoms with Crippen LogP contribution in [0.3, 0.4) is 0 Å². The molecule has 0 aliphatic carbocycles. The summed E-state index contributed by atoms with van der Waals surface area (Å²) in [7, 11) is 0. The Hall–Kier alpha value is -2.60. The van der Waals surface area contributed by atoms with Crippen LogP contribution in [0.2, 0.25) is 0 Å². The predicted octanol–water partition coefficient (Wildman–Crippen LogP) is 5.48. The molecule has 0 bridgehead atoms. The van der Waals surface area contributed by atoms with Gasteiger partial charge in [0.15, 0.2) is 17.5 Å². The molecule has 1 heterocycles. The maximum Gasteiger partial charge on any atom is 0.164 e. The van der Waals surface area contributed by atoms with Crippen molar-refractivity contribution in [1.29, 1.82) is 0 Å². The standard InChI is InChI=1S/C21H14IN3/c22-18-13-11-17(12-14-18)21-24-19(15-7-3-1-4-8-15)23-20(25-21)16-9-5-2-6-10-16/h1-14H. The zero-order valence-corrected chi connectivity index (χ0v) is 15.5. The van der Waals surface area contributed by atoms with Gasteiger partial charge in [0, 0.05) is 20.3 Å². The van der Waals surface area contributed by atoms with Crippen molar-refractivity contribution in [1.82, 2.24) is 15.0 Å². The number of hydrogen-bond acceptors (Lipinski definition) is 3. The van der Waals surface area contributed by atoms with Gasteiger partial charge in [0.2, 0.25) is 0 Å². The smallest absolute Gasteiger partial charge is 0.164 e. The molecule has 3 nitrogen and oxygen atoms in total. The van der Waals surface area contributed by atoms with Gasteiger partial charge in [0.05, 0.1) is 0 Å².